The van der Waals surface area contributed by atoms with Gasteiger partial charge in [0, 0.05) is 30.2 Å². The summed E-state index contributed by atoms with van der Waals surface area (Å²) in [5, 5.41) is 15.1. The zero-order valence-corrected chi connectivity index (χ0v) is 21.5. The molecule has 0 aliphatic heterocycles. The first-order chi connectivity index (χ1) is 18.9. The molecule has 0 fully saturated rings. The fourth-order valence-electron chi connectivity index (χ4n) is 3.78. The number of carbonyl (C=O) groups is 3. The lowest BCUT2D eigenvalue weighted by Crippen LogP contribution is -2.22. The summed E-state index contributed by atoms with van der Waals surface area (Å²) >= 11 is 0. The van der Waals surface area contributed by atoms with Gasteiger partial charge in [-0.05, 0) is 65.6 Å². The third-order valence-corrected chi connectivity index (χ3v) is 5.95. The van der Waals surface area contributed by atoms with Gasteiger partial charge < -0.3 is 20.5 Å². The first kappa shape index (κ1) is 27.1. The molecular weight excluding hydrogens is 494 g/mol. The van der Waals surface area contributed by atoms with Crippen LogP contribution in [0.1, 0.15) is 56.4 Å². The number of nitrogens with one attached hydrogen (secondary N) is 2. The molecule has 8 heteroatoms. The zero-order chi connectivity index (χ0) is 27.6. The fourth-order valence-corrected chi connectivity index (χ4v) is 3.78. The number of phenols is 1. The highest BCUT2D eigenvalue weighted by atomic mass is 16.5. The van der Waals surface area contributed by atoms with E-state index < -0.39 is 11.9 Å². The summed E-state index contributed by atoms with van der Waals surface area (Å²) < 4.78 is 5.19. The second kappa shape index (κ2) is 13.0. The predicted octanol–water partition coefficient (Wildman–Crippen LogP) is 5.59. The lowest BCUT2D eigenvalue weighted by Gasteiger charge is -2.10. The predicted molar refractivity (Wildman–Crippen MR) is 149 cm³/mol. The number of benzene rings is 3. The van der Waals surface area contributed by atoms with E-state index in [0.717, 1.165) is 29.5 Å². The number of hydrogen-bond donors (Lipinski definition) is 3. The van der Waals surface area contributed by atoms with Gasteiger partial charge in [-0.15, -0.1) is 0 Å². The van der Waals surface area contributed by atoms with Crippen LogP contribution in [0.5, 0.6) is 5.75 Å². The molecule has 0 aliphatic rings. The summed E-state index contributed by atoms with van der Waals surface area (Å²) in [6, 6.07) is 22.6. The van der Waals surface area contributed by atoms with E-state index in [9.17, 15) is 19.5 Å². The monoisotopic (exact) mass is 523 g/mol. The highest BCUT2D eigenvalue weighted by Crippen LogP contribution is 2.22. The van der Waals surface area contributed by atoms with E-state index in [-0.39, 0.29) is 29.3 Å². The number of aromatic hydroxyl groups is 1. The van der Waals surface area contributed by atoms with Crippen LogP contribution in [0.25, 0.3) is 11.1 Å². The molecule has 0 saturated carbocycles. The Morgan fingerprint density at radius 2 is 1.51 bits per heavy atom. The number of ether oxygens (including phenoxy) is 1. The molecule has 0 aliphatic carbocycles. The maximum atomic E-state index is 12.8. The molecule has 4 aromatic rings. The van der Waals surface area contributed by atoms with E-state index in [1.165, 1.54) is 18.5 Å². The Morgan fingerprint density at radius 1 is 0.821 bits per heavy atom. The molecule has 0 spiro atoms. The summed E-state index contributed by atoms with van der Waals surface area (Å²) in [6.07, 6.45) is 4.43. The van der Waals surface area contributed by atoms with E-state index in [4.69, 9.17) is 4.74 Å². The minimum Gasteiger partial charge on any atom is -0.508 e. The lowest BCUT2D eigenvalue weighted by molar-refractivity contribution is 0.0499. The lowest BCUT2D eigenvalue weighted by atomic mass is 10.0. The smallest absolute Gasteiger partial charge is 0.339 e. The molecule has 0 bridgehead atoms. The summed E-state index contributed by atoms with van der Waals surface area (Å²) in [6.45, 7) is 2.59. The van der Waals surface area contributed by atoms with E-state index in [1.54, 1.807) is 42.5 Å². The first-order valence-electron chi connectivity index (χ1n) is 12.6. The van der Waals surface area contributed by atoms with Gasteiger partial charge >= 0.3 is 5.97 Å². The van der Waals surface area contributed by atoms with Crippen LogP contribution in [-0.2, 0) is 11.3 Å². The molecule has 3 N–H and O–H groups in total. The Balaban J connectivity index is 1.33. The third-order valence-electron chi connectivity index (χ3n) is 5.95. The number of pyridine rings is 1. The average Bonchev–Trinajstić information content (AvgIpc) is 2.97. The molecule has 39 heavy (non-hydrogen) atoms. The van der Waals surface area contributed by atoms with Crippen molar-refractivity contribution in [3.8, 4) is 16.9 Å². The van der Waals surface area contributed by atoms with Gasteiger partial charge in [0.1, 0.15) is 5.75 Å². The minimum absolute atomic E-state index is 0.198. The van der Waals surface area contributed by atoms with Crippen molar-refractivity contribution in [3.05, 3.63) is 114 Å². The molecule has 0 atom stereocenters. The summed E-state index contributed by atoms with van der Waals surface area (Å²) in [5.41, 5.74) is 4.18. The summed E-state index contributed by atoms with van der Waals surface area (Å²) in [5.74, 6) is -0.960. The Labute approximate surface area is 226 Å². The maximum Gasteiger partial charge on any atom is 0.339 e. The van der Waals surface area contributed by atoms with Gasteiger partial charge in [-0.3, -0.25) is 14.6 Å². The van der Waals surface area contributed by atoms with Crippen LogP contribution < -0.4 is 10.6 Å². The van der Waals surface area contributed by atoms with Gasteiger partial charge in [0.05, 0.1) is 17.7 Å². The number of nitrogens with zero attached hydrogens (tertiary/aromatic N) is 1. The second-order valence-electron chi connectivity index (χ2n) is 8.91. The molecule has 3 aromatic carbocycles. The van der Waals surface area contributed by atoms with Crippen molar-refractivity contribution < 1.29 is 24.2 Å². The van der Waals surface area contributed by atoms with Crippen LogP contribution in [0, 0.1) is 0 Å². The van der Waals surface area contributed by atoms with Gasteiger partial charge in [-0.2, -0.15) is 0 Å². The van der Waals surface area contributed by atoms with Crippen molar-refractivity contribution in [2.75, 3.05) is 11.9 Å². The first-order valence-corrected chi connectivity index (χ1v) is 12.6. The molecule has 0 radical (unpaired) electrons. The average molecular weight is 524 g/mol. The summed E-state index contributed by atoms with van der Waals surface area (Å²) in [4.78, 5) is 41.6. The molecule has 1 heterocycles. The normalized spacial score (nSPS) is 10.5. The zero-order valence-electron chi connectivity index (χ0n) is 21.5. The Kier molecular flexibility index (Phi) is 9.03. The van der Waals surface area contributed by atoms with Gasteiger partial charge in [0.15, 0.2) is 0 Å². The number of amides is 2. The van der Waals surface area contributed by atoms with Crippen molar-refractivity contribution >= 4 is 23.5 Å². The van der Waals surface area contributed by atoms with Crippen molar-refractivity contribution in [2.45, 2.75) is 26.3 Å². The number of phenolic OH excluding ortho intramolecular Hbond substituents is 1. The van der Waals surface area contributed by atoms with Crippen molar-refractivity contribution in [1.82, 2.24) is 10.3 Å². The van der Waals surface area contributed by atoms with Crippen LogP contribution in [0.4, 0.5) is 5.69 Å². The van der Waals surface area contributed by atoms with Gasteiger partial charge in [0.25, 0.3) is 11.8 Å². The number of hydrogen-bond acceptors (Lipinski definition) is 6. The fraction of sp³-hybridized carbons (Fsp3) is 0.161. The number of aromatic nitrogens is 1. The second-order valence-corrected chi connectivity index (χ2v) is 8.91. The van der Waals surface area contributed by atoms with Crippen molar-refractivity contribution in [1.29, 1.82) is 0 Å². The molecule has 0 saturated heterocycles. The van der Waals surface area contributed by atoms with E-state index in [1.807, 2.05) is 37.3 Å². The van der Waals surface area contributed by atoms with E-state index in [2.05, 4.69) is 15.6 Å². The van der Waals surface area contributed by atoms with E-state index >= 15 is 0 Å². The largest absolute Gasteiger partial charge is 0.508 e. The van der Waals surface area contributed by atoms with Crippen molar-refractivity contribution in [2.24, 2.45) is 0 Å². The Hall–Kier alpha value is -4.98. The van der Waals surface area contributed by atoms with E-state index in [0.29, 0.717) is 17.9 Å². The molecular formula is C31H29N3O5. The quantitative estimate of drug-likeness (QED) is 0.184. The van der Waals surface area contributed by atoms with Crippen LogP contribution >= 0.6 is 0 Å². The van der Waals surface area contributed by atoms with Gasteiger partial charge in [-0.25, -0.2) is 4.79 Å². The Bertz CT molecular complexity index is 1450. The number of anilines is 1. The SMILES string of the molecule is CCCCOC(=O)c1cncc(C(=O)Nc2cccc(CNC(=O)c3ccc(-c4ccc(O)cc4)cc3)c2)c1. The number of rotatable bonds is 10. The molecule has 198 valence electrons. The maximum absolute atomic E-state index is 12.8. The standard InChI is InChI=1S/C31H29N3O5/c1-2-3-15-39-31(38)26-17-25(19-32-20-26)30(37)34-27-6-4-5-21(16-27)18-33-29(36)24-9-7-22(8-10-24)23-11-13-28(35)14-12-23/h4-14,16-17,19-20,35H,2-3,15,18H2,1H3,(H,33,36)(H,34,37). The van der Waals surface area contributed by atoms with Gasteiger partial charge in [0.2, 0.25) is 0 Å². The number of unbranched alkanes of at least 4 members (excludes halogenated alkanes) is 1. The van der Waals surface area contributed by atoms with Crippen LogP contribution in [0.15, 0.2) is 91.3 Å². The molecule has 8 nitrogen and oxygen atoms in total. The molecule has 1 aromatic heterocycles. The molecule has 4 rings (SSSR count). The Morgan fingerprint density at radius 3 is 2.23 bits per heavy atom. The minimum atomic E-state index is -0.515. The highest BCUT2D eigenvalue weighted by molar-refractivity contribution is 6.05. The molecule has 2 amide bonds. The van der Waals surface area contributed by atoms with Crippen LogP contribution in [0.2, 0.25) is 0 Å². The number of esters is 1. The molecule has 0 unspecified atom stereocenters. The third kappa shape index (κ3) is 7.52. The summed E-state index contributed by atoms with van der Waals surface area (Å²) in [7, 11) is 0. The van der Waals surface area contributed by atoms with Crippen molar-refractivity contribution in [3.63, 3.8) is 0 Å². The van der Waals surface area contributed by atoms with Gasteiger partial charge in [-0.1, -0.05) is 49.7 Å². The number of carbonyl (C=O) groups excluding carboxylic acids is 3. The topological polar surface area (TPSA) is 118 Å². The van der Waals surface area contributed by atoms with Crippen LogP contribution in [-0.4, -0.2) is 34.5 Å². The highest BCUT2D eigenvalue weighted by Gasteiger charge is 2.13. The van der Waals surface area contributed by atoms with Crippen LogP contribution in [0.3, 0.4) is 0 Å².